The smallest absolute Gasteiger partial charge is 0.410 e. The first-order valence-electron chi connectivity index (χ1n) is 11.0. The van der Waals surface area contributed by atoms with Crippen LogP contribution in [0.1, 0.15) is 37.3 Å². The van der Waals surface area contributed by atoms with Crippen LogP contribution in [-0.2, 0) is 22.6 Å². The van der Waals surface area contributed by atoms with E-state index in [-0.39, 0.29) is 12.5 Å². The van der Waals surface area contributed by atoms with Gasteiger partial charge in [0.25, 0.3) is 0 Å². The van der Waals surface area contributed by atoms with Crippen molar-refractivity contribution in [1.82, 2.24) is 9.88 Å². The van der Waals surface area contributed by atoms with Crippen LogP contribution >= 0.6 is 11.3 Å². The number of ether oxygens (including phenoxy) is 1. The second-order valence-electron chi connectivity index (χ2n) is 7.87. The molecular weight excluding hydrogens is 422 g/mol. The summed E-state index contributed by atoms with van der Waals surface area (Å²) in [5.74, 6) is -0.224. The molecule has 0 spiro atoms. The van der Waals surface area contributed by atoms with Crippen molar-refractivity contribution < 1.29 is 14.3 Å². The summed E-state index contributed by atoms with van der Waals surface area (Å²) in [4.78, 5) is 31.5. The third-order valence-electron chi connectivity index (χ3n) is 5.52. The quantitative estimate of drug-likeness (QED) is 0.517. The van der Waals surface area contributed by atoms with Crippen LogP contribution in [0.15, 0.2) is 60.0 Å². The summed E-state index contributed by atoms with van der Waals surface area (Å²) in [6.45, 7) is 2.87. The van der Waals surface area contributed by atoms with E-state index in [9.17, 15) is 9.59 Å². The van der Waals surface area contributed by atoms with E-state index < -0.39 is 12.1 Å². The molecule has 1 aliphatic heterocycles. The molecule has 7 heteroatoms. The van der Waals surface area contributed by atoms with E-state index in [4.69, 9.17) is 4.74 Å². The molecule has 1 unspecified atom stereocenters. The molecule has 3 aromatic rings. The Hall–Kier alpha value is -3.19. The lowest BCUT2D eigenvalue weighted by Crippen LogP contribution is -2.43. The maximum Gasteiger partial charge on any atom is 0.410 e. The van der Waals surface area contributed by atoms with Gasteiger partial charge in [0.2, 0.25) is 5.91 Å². The van der Waals surface area contributed by atoms with Gasteiger partial charge in [-0.3, -0.25) is 9.69 Å². The molecule has 2 aromatic carbocycles. The van der Waals surface area contributed by atoms with Gasteiger partial charge in [-0.1, -0.05) is 67.9 Å². The molecule has 4 rings (SSSR count). The Morgan fingerprint density at radius 2 is 1.91 bits per heavy atom. The Morgan fingerprint density at radius 3 is 2.66 bits per heavy atom. The molecule has 1 saturated heterocycles. The van der Waals surface area contributed by atoms with Crippen LogP contribution in [0.25, 0.3) is 11.3 Å². The Labute approximate surface area is 192 Å². The SMILES string of the molecule is CCCc1ccc(-c2csc(NC(=O)C3CCCN3C(=O)OCc3ccccc3)n2)cc1. The van der Waals surface area contributed by atoms with Crippen LogP contribution in [0.2, 0.25) is 0 Å². The van der Waals surface area contributed by atoms with Crippen molar-refractivity contribution in [1.29, 1.82) is 0 Å². The zero-order valence-electron chi connectivity index (χ0n) is 18.1. The summed E-state index contributed by atoms with van der Waals surface area (Å²) < 4.78 is 5.43. The molecule has 32 heavy (non-hydrogen) atoms. The minimum Gasteiger partial charge on any atom is -0.445 e. The molecule has 2 amide bonds. The fourth-order valence-corrected chi connectivity index (χ4v) is 4.57. The molecule has 6 nitrogen and oxygen atoms in total. The van der Waals surface area contributed by atoms with Crippen molar-refractivity contribution in [3.8, 4) is 11.3 Å². The maximum atomic E-state index is 12.9. The van der Waals surface area contributed by atoms with Crippen LogP contribution in [0.3, 0.4) is 0 Å². The van der Waals surface area contributed by atoms with Crippen molar-refractivity contribution >= 4 is 28.5 Å². The Balaban J connectivity index is 1.35. The fourth-order valence-electron chi connectivity index (χ4n) is 3.84. The highest BCUT2D eigenvalue weighted by molar-refractivity contribution is 7.14. The predicted octanol–water partition coefficient (Wildman–Crippen LogP) is 5.50. The molecule has 1 N–H and O–H groups in total. The topological polar surface area (TPSA) is 71.5 Å². The number of amides is 2. The summed E-state index contributed by atoms with van der Waals surface area (Å²) in [6.07, 6.45) is 3.10. The third-order valence-corrected chi connectivity index (χ3v) is 6.28. The molecule has 1 aromatic heterocycles. The summed E-state index contributed by atoms with van der Waals surface area (Å²) in [6, 6.07) is 17.3. The van der Waals surface area contributed by atoms with Crippen LogP contribution in [0, 0.1) is 0 Å². The number of aryl methyl sites for hydroxylation is 1. The van der Waals surface area contributed by atoms with Gasteiger partial charge in [-0.2, -0.15) is 0 Å². The highest BCUT2D eigenvalue weighted by atomic mass is 32.1. The molecule has 1 atom stereocenters. The number of thiazole rings is 1. The Bertz CT molecular complexity index is 1050. The maximum absolute atomic E-state index is 12.9. The molecular formula is C25H27N3O3S. The number of hydrogen-bond acceptors (Lipinski definition) is 5. The number of carbonyl (C=O) groups excluding carboxylic acids is 2. The second-order valence-corrected chi connectivity index (χ2v) is 8.72. The normalized spacial score (nSPS) is 15.5. The largest absolute Gasteiger partial charge is 0.445 e. The van der Waals surface area contributed by atoms with Crippen LogP contribution in [0.4, 0.5) is 9.93 Å². The van der Waals surface area contributed by atoms with Crippen molar-refractivity contribution in [3.63, 3.8) is 0 Å². The molecule has 1 fully saturated rings. The molecule has 0 saturated carbocycles. The number of benzene rings is 2. The Morgan fingerprint density at radius 1 is 1.12 bits per heavy atom. The van der Waals surface area contributed by atoms with Gasteiger partial charge in [-0.25, -0.2) is 9.78 Å². The van der Waals surface area contributed by atoms with E-state index in [1.165, 1.54) is 21.8 Å². The number of carbonyl (C=O) groups is 2. The average molecular weight is 450 g/mol. The molecule has 2 heterocycles. The number of aromatic nitrogens is 1. The van der Waals surface area contributed by atoms with Gasteiger partial charge in [0.1, 0.15) is 12.6 Å². The molecule has 166 valence electrons. The number of nitrogens with one attached hydrogen (secondary N) is 1. The number of likely N-dealkylation sites (tertiary alicyclic amines) is 1. The van der Waals surface area contributed by atoms with Crippen molar-refractivity contribution in [2.45, 2.75) is 45.3 Å². The standard InChI is InChI=1S/C25H27N3O3S/c1-2-7-18-11-13-20(14-12-18)21-17-32-24(26-21)27-23(29)22-10-6-15-28(22)25(30)31-16-19-8-4-3-5-9-19/h3-5,8-9,11-14,17,22H,2,6-7,10,15-16H2,1H3,(H,26,27,29). The lowest BCUT2D eigenvalue weighted by Gasteiger charge is -2.22. The van der Waals surface area contributed by atoms with E-state index in [0.29, 0.717) is 18.1 Å². The summed E-state index contributed by atoms with van der Waals surface area (Å²) in [5, 5.41) is 5.35. The fraction of sp³-hybridized carbons (Fsp3) is 0.320. The third kappa shape index (κ3) is 5.34. The van der Waals surface area contributed by atoms with Gasteiger partial charge < -0.3 is 10.1 Å². The number of nitrogens with zero attached hydrogens (tertiary/aromatic N) is 2. The molecule has 0 aliphatic carbocycles. The van der Waals surface area contributed by atoms with Gasteiger partial charge in [0.15, 0.2) is 5.13 Å². The minimum absolute atomic E-state index is 0.192. The highest BCUT2D eigenvalue weighted by Crippen LogP contribution is 2.27. The molecule has 0 radical (unpaired) electrons. The monoisotopic (exact) mass is 449 g/mol. The van der Waals surface area contributed by atoms with Crippen molar-refractivity contribution in [2.75, 3.05) is 11.9 Å². The zero-order chi connectivity index (χ0) is 22.3. The molecule has 1 aliphatic rings. The Kier molecular flexibility index (Phi) is 7.17. The lowest BCUT2D eigenvalue weighted by atomic mass is 10.1. The van der Waals surface area contributed by atoms with Gasteiger partial charge in [-0.15, -0.1) is 11.3 Å². The predicted molar refractivity (Wildman–Crippen MR) is 127 cm³/mol. The van der Waals surface area contributed by atoms with Crippen LogP contribution < -0.4 is 5.32 Å². The van der Waals surface area contributed by atoms with Crippen LogP contribution in [0.5, 0.6) is 0 Å². The van der Waals surface area contributed by atoms with E-state index >= 15 is 0 Å². The van der Waals surface area contributed by atoms with E-state index in [1.807, 2.05) is 35.7 Å². The molecule has 0 bridgehead atoms. The van der Waals surface area contributed by atoms with Crippen molar-refractivity contribution in [3.05, 3.63) is 71.1 Å². The van der Waals surface area contributed by atoms with Gasteiger partial charge in [0, 0.05) is 17.5 Å². The highest BCUT2D eigenvalue weighted by Gasteiger charge is 2.35. The number of rotatable bonds is 7. The lowest BCUT2D eigenvalue weighted by molar-refractivity contribution is -0.120. The summed E-state index contributed by atoms with van der Waals surface area (Å²) in [5.41, 5.74) is 4.08. The van der Waals surface area contributed by atoms with E-state index in [1.54, 1.807) is 0 Å². The minimum atomic E-state index is -0.543. The first kappa shape index (κ1) is 22.0. The van der Waals surface area contributed by atoms with Gasteiger partial charge in [-0.05, 0) is 30.4 Å². The second kappa shape index (κ2) is 10.4. The van der Waals surface area contributed by atoms with Gasteiger partial charge in [0.05, 0.1) is 5.69 Å². The summed E-state index contributed by atoms with van der Waals surface area (Å²) >= 11 is 1.39. The first-order chi connectivity index (χ1) is 15.6. The van der Waals surface area contributed by atoms with Crippen molar-refractivity contribution in [2.24, 2.45) is 0 Å². The van der Waals surface area contributed by atoms with Gasteiger partial charge >= 0.3 is 6.09 Å². The number of anilines is 1. The van der Waals surface area contributed by atoms with Crippen LogP contribution in [-0.4, -0.2) is 34.5 Å². The summed E-state index contributed by atoms with van der Waals surface area (Å²) in [7, 11) is 0. The zero-order valence-corrected chi connectivity index (χ0v) is 18.9. The average Bonchev–Trinajstić information content (AvgIpc) is 3.49. The van der Waals surface area contributed by atoms with E-state index in [2.05, 4.69) is 41.5 Å². The van der Waals surface area contributed by atoms with E-state index in [0.717, 1.165) is 36.1 Å². The first-order valence-corrected chi connectivity index (χ1v) is 11.8. The number of hydrogen-bond donors (Lipinski definition) is 1.